The van der Waals surface area contributed by atoms with Crippen molar-refractivity contribution in [2.75, 3.05) is 13.7 Å². The van der Waals surface area contributed by atoms with Crippen LogP contribution in [0.5, 0.6) is 5.75 Å². The molecule has 1 fully saturated rings. The Morgan fingerprint density at radius 2 is 2.12 bits per heavy atom. The Labute approximate surface area is 111 Å². The molecule has 0 heterocycles. The summed E-state index contributed by atoms with van der Waals surface area (Å²) in [5.74, 6) is 1.68. The van der Waals surface area contributed by atoms with Crippen molar-refractivity contribution >= 4 is 15.9 Å². The van der Waals surface area contributed by atoms with Crippen molar-refractivity contribution in [3.8, 4) is 5.75 Å². The summed E-state index contributed by atoms with van der Waals surface area (Å²) in [6.45, 7) is 4.67. The minimum atomic E-state index is 0.440. The molecule has 1 aromatic carbocycles. The van der Waals surface area contributed by atoms with E-state index in [2.05, 4.69) is 40.0 Å². The molecule has 2 rings (SSSR count). The van der Waals surface area contributed by atoms with Gasteiger partial charge in [-0.25, -0.2) is 0 Å². The van der Waals surface area contributed by atoms with E-state index < -0.39 is 0 Å². The van der Waals surface area contributed by atoms with Crippen LogP contribution in [0, 0.1) is 5.92 Å². The molecule has 0 radical (unpaired) electrons. The van der Waals surface area contributed by atoms with Crippen LogP contribution in [0.2, 0.25) is 0 Å². The zero-order valence-corrected chi connectivity index (χ0v) is 11.7. The zero-order chi connectivity index (χ0) is 12.3. The molecular formula is C14H18BrNO. The van der Waals surface area contributed by atoms with Gasteiger partial charge < -0.3 is 10.1 Å². The minimum absolute atomic E-state index is 0.440. The highest BCUT2D eigenvalue weighted by molar-refractivity contribution is 9.11. The molecule has 1 aromatic rings. The molecule has 1 aliphatic carbocycles. The molecular weight excluding hydrogens is 278 g/mol. The van der Waals surface area contributed by atoms with E-state index in [-0.39, 0.29) is 0 Å². The standard InChI is InChI=1S/C14H18BrNO/c1-10(15)9-16-14(11-3-4-11)12-5-7-13(17-2)8-6-12/h5-8,11,14,16H,1,3-4,9H2,2H3. The van der Waals surface area contributed by atoms with E-state index in [1.807, 2.05) is 12.1 Å². The summed E-state index contributed by atoms with van der Waals surface area (Å²) in [4.78, 5) is 0. The Morgan fingerprint density at radius 1 is 1.47 bits per heavy atom. The molecule has 3 heteroatoms. The van der Waals surface area contributed by atoms with E-state index in [1.165, 1.54) is 18.4 Å². The molecule has 1 atom stereocenters. The quantitative estimate of drug-likeness (QED) is 0.865. The fourth-order valence-electron chi connectivity index (χ4n) is 2.02. The number of rotatable bonds is 6. The third-order valence-corrected chi connectivity index (χ3v) is 3.36. The van der Waals surface area contributed by atoms with Gasteiger partial charge in [0.25, 0.3) is 0 Å². The van der Waals surface area contributed by atoms with Crippen molar-refractivity contribution in [2.45, 2.75) is 18.9 Å². The molecule has 1 N–H and O–H groups in total. The predicted octanol–water partition coefficient (Wildman–Crippen LogP) is 3.64. The number of benzene rings is 1. The number of halogens is 1. The van der Waals surface area contributed by atoms with E-state index in [0.29, 0.717) is 6.04 Å². The second-order valence-electron chi connectivity index (χ2n) is 4.49. The van der Waals surface area contributed by atoms with E-state index in [4.69, 9.17) is 4.74 Å². The third-order valence-electron chi connectivity index (χ3n) is 3.08. The maximum atomic E-state index is 5.18. The molecule has 0 bridgehead atoms. The minimum Gasteiger partial charge on any atom is -0.497 e. The highest BCUT2D eigenvalue weighted by atomic mass is 79.9. The van der Waals surface area contributed by atoms with Crippen LogP contribution in [0.25, 0.3) is 0 Å². The van der Waals surface area contributed by atoms with Crippen LogP contribution in [-0.2, 0) is 0 Å². The molecule has 1 unspecified atom stereocenters. The first kappa shape index (κ1) is 12.7. The number of hydrogen-bond donors (Lipinski definition) is 1. The summed E-state index contributed by atoms with van der Waals surface area (Å²) >= 11 is 3.39. The van der Waals surface area contributed by atoms with E-state index in [9.17, 15) is 0 Å². The van der Waals surface area contributed by atoms with Gasteiger partial charge in [-0.05, 0) is 36.5 Å². The molecule has 0 saturated heterocycles. The smallest absolute Gasteiger partial charge is 0.118 e. The van der Waals surface area contributed by atoms with Gasteiger partial charge in [-0.2, -0.15) is 0 Å². The predicted molar refractivity (Wildman–Crippen MR) is 74.5 cm³/mol. The summed E-state index contributed by atoms with van der Waals surface area (Å²) in [5, 5.41) is 3.55. The van der Waals surface area contributed by atoms with Crippen molar-refractivity contribution in [1.82, 2.24) is 5.32 Å². The molecule has 0 spiro atoms. The maximum absolute atomic E-state index is 5.18. The van der Waals surface area contributed by atoms with Crippen molar-refractivity contribution in [3.63, 3.8) is 0 Å². The normalized spacial score (nSPS) is 16.6. The molecule has 0 aliphatic heterocycles. The van der Waals surface area contributed by atoms with Crippen LogP contribution in [0.15, 0.2) is 35.3 Å². The molecule has 17 heavy (non-hydrogen) atoms. The van der Waals surface area contributed by atoms with Gasteiger partial charge in [0, 0.05) is 17.1 Å². The Morgan fingerprint density at radius 3 is 2.59 bits per heavy atom. The first-order valence-corrected chi connectivity index (χ1v) is 6.70. The van der Waals surface area contributed by atoms with Crippen molar-refractivity contribution < 1.29 is 4.74 Å². The first-order chi connectivity index (χ1) is 8.20. The molecule has 92 valence electrons. The average Bonchev–Trinajstić information content (AvgIpc) is 3.14. The lowest BCUT2D eigenvalue weighted by molar-refractivity contribution is 0.414. The lowest BCUT2D eigenvalue weighted by Crippen LogP contribution is -2.24. The van der Waals surface area contributed by atoms with Gasteiger partial charge in [0.1, 0.15) is 5.75 Å². The monoisotopic (exact) mass is 295 g/mol. The van der Waals surface area contributed by atoms with E-state index in [0.717, 1.165) is 22.7 Å². The first-order valence-electron chi connectivity index (χ1n) is 5.91. The second-order valence-corrected chi connectivity index (χ2v) is 5.61. The van der Waals surface area contributed by atoms with Gasteiger partial charge in [0.15, 0.2) is 0 Å². The SMILES string of the molecule is C=C(Br)CNC(c1ccc(OC)cc1)C1CC1. The van der Waals surface area contributed by atoms with Crippen LogP contribution < -0.4 is 10.1 Å². The summed E-state index contributed by atoms with van der Waals surface area (Å²) in [6, 6.07) is 8.78. The van der Waals surface area contributed by atoms with Gasteiger partial charge in [0.2, 0.25) is 0 Å². The Hall–Kier alpha value is -0.800. The number of hydrogen-bond acceptors (Lipinski definition) is 2. The number of methoxy groups -OCH3 is 1. The highest BCUT2D eigenvalue weighted by Crippen LogP contribution is 2.41. The Balaban J connectivity index is 2.05. The summed E-state index contributed by atoms with van der Waals surface area (Å²) in [6.07, 6.45) is 2.64. The van der Waals surface area contributed by atoms with Crippen LogP contribution >= 0.6 is 15.9 Å². The fraction of sp³-hybridized carbons (Fsp3) is 0.429. The summed E-state index contributed by atoms with van der Waals surface area (Å²) in [5.41, 5.74) is 1.34. The van der Waals surface area contributed by atoms with E-state index >= 15 is 0 Å². The Kier molecular flexibility index (Phi) is 4.24. The van der Waals surface area contributed by atoms with Crippen molar-refractivity contribution in [1.29, 1.82) is 0 Å². The van der Waals surface area contributed by atoms with Crippen LogP contribution in [-0.4, -0.2) is 13.7 Å². The van der Waals surface area contributed by atoms with Gasteiger partial charge in [-0.3, -0.25) is 0 Å². The van der Waals surface area contributed by atoms with Crippen molar-refractivity contribution in [2.24, 2.45) is 5.92 Å². The van der Waals surface area contributed by atoms with Crippen LogP contribution in [0.3, 0.4) is 0 Å². The van der Waals surface area contributed by atoms with Gasteiger partial charge in [-0.1, -0.05) is 34.6 Å². The van der Waals surface area contributed by atoms with E-state index in [1.54, 1.807) is 7.11 Å². The van der Waals surface area contributed by atoms with Crippen molar-refractivity contribution in [3.05, 3.63) is 40.9 Å². The topological polar surface area (TPSA) is 21.3 Å². The summed E-state index contributed by atoms with van der Waals surface area (Å²) in [7, 11) is 1.69. The number of ether oxygens (including phenoxy) is 1. The Bertz CT molecular complexity index is 384. The lowest BCUT2D eigenvalue weighted by Gasteiger charge is -2.18. The highest BCUT2D eigenvalue weighted by Gasteiger charge is 2.31. The van der Waals surface area contributed by atoms with Gasteiger partial charge in [0.05, 0.1) is 7.11 Å². The molecule has 2 nitrogen and oxygen atoms in total. The third kappa shape index (κ3) is 3.58. The largest absolute Gasteiger partial charge is 0.497 e. The van der Waals surface area contributed by atoms with Gasteiger partial charge >= 0.3 is 0 Å². The fourth-order valence-corrected chi connectivity index (χ4v) is 2.18. The maximum Gasteiger partial charge on any atom is 0.118 e. The van der Waals surface area contributed by atoms with Gasteiger partial charge in [-0.15, -0.1) is 0 Å². The van der Waals surface area contributed by atoms with Crippen LogP contribution in [0.1, 0.15) is 24.4 Å². The molecule has 0 aromatic heterocycles. The molecule has 0 amide bonds. The average molecular weight is 296 g/mol. The second kappa shape index (κ2) is 5.69. The zero-order valence-electron chi connectivity index (χ0n) is 10.1. The molecule has 1 aliphatic rings. The lowest BCUT2D eigenvalue weighted by atomic mass is 10.0. The number of nitrogens with one attached hydrogen (secondary N) is 1. The summed E-state index contributed by atoms with van der Waals surface area (Å²) < 4.78 is 6.18. The molecule has 1 saturated carbocycles. The van der Waals surface area contributed by atoms with Crippen LogP contribution in [0.4, 0.5) is 0 Å².